The molecule has 0 heterocycles. The Morgan fingerprint density at radius 2 is 1.89 bits per heavy atom. The van der Waals surface area contributed by atoms with E-state index in [0.29, 0.717) is 0 Å². The molecule has 0 fully saturated rings. The molecule has 0 saturated heterocycles. The number of nitriles is 1. The Bertz CT molecular complexity index is 390. The van der Waals surface area contributed by atoms with E-state index in [1.165, 1.54) is 10.6 Å². The highest BCUT2D eigenvalue weighted by Gasteiger charge is 2.15. The van der Waals surface area contributed by atoms with E-state index in [0.717, 1.165) is 25.8 Å². The van der Waals surface area contributed by atoms with Gasteiger partial charge in [0.25, 0.3) is 0 Å². The first-order valence-electron chi connectivity index (χ1n) is 6.36. The topological polar surface area (TPSA) is 35.8 Å². The van der Waals surface area contributed by atoms with Gasteiger partial charge < -0.3 is 5.32 Å². The number of hydrogen-bond acceptors (Lipinski definition) is 3. The summed E-state index contributed by atoms with van der Waals surface area (Å²) in [5.41, 5.74) is 0.993. The summed E-state index contributed by atoms with van der Waals surface area (Å²) in [7, 11) is 0. The molecule has 1 aromatic rings. The Morgan fingerprint density at radius 3 is 2.44 bits per heavy atom. The number of nitrogens with one attached hydrogen (secondary N) is 1. The van der Waals surface area contributed by atoms with Crippen LogP contribution in [0.4, 0.5) is 5.69 Å². The van der Waals surface area contributed by atoms with Crippen LogP contribution in [0.3, 0.4) is 0 Å². The Morgan fingerprint density at radius 1 is 1.22 bits per heavy atom. The first-order valence-corrected chi connectivity index (χ1v) is 7.59. The summed E-state index contributed by atoms with van der Waals surface area (Å²) in [5.74, 6) is 0. The molecule has 0 radical (unpaired) electrons. The van der Waals surface area contributed by atoms with Gasteiger partial charge in [-0.05, 0) is 57.2 Å². The number of hydrogen-bond donors (Lipinski definition) is 1. The van der Waals surface area contributed by atoms with Crippen LogP contribution in [0.1, 0.15) is 33.1 Å². The zero-order valence-electron chi connectivity index (χ0n) is 11.5. The monoisotopic (exact) mass is 262 g/mol. The minimum absolute atomic E-state index is 0.181. The maximum absolute atomic E-state index is 8.91. The maximum atomic E-state index is 8.91. The molecule has 0 bridgehead atoms. The van der Waals surface area contributed by atoms with E-state index in [4.69, 9.17) is 5.26 Å². The molecule has 0 saturated carbocycles. The lowest BCUT2D eigenvalue weighted by Gasteiger charge is -2.14. The third-order valence-electron chi connectivity index (χ3n) is 2.95. The molecule has 2 nitrogen and oxygen atoms in total. The predicted octanol–water partition coefficient (Wildman–Crippen LogP) is 4.54. The van der Waals surface area contributed by atoms with Crippen molar-refractivity contribution in [3.63, 3.8) is 0 Å². The second-order valence-electron chi connectivity index (χ2n) is 5.11. The molecule has 0 aliphatic heterocycles. The number of benzene rings is 1. The van der Waals surface area contributed by atoms with Gasteiger partial charge in [0, 0.05) is 17.1 Å². The minimum Gasteiger partial charge on any atom is -0.385 e. The lowest BCUT2D eigenvalue weighted by atomic mass is 9.89. The third-order valence-corrected chi connectivity index (χ3v) is 3.69. The highest BCUT2D eigenvalue weighted by atomic mass is 32.2. The van der Waals surface area contributed by atoms with Crippen molar-refractivity contribution >= 4 is 17.4 Å². The molecule has 0 aliphatic carbocycles. The lowest BCUT2D eigenvalue weighted by molar-refractivity contribution is 0.430. The molecule has 1 aromatic carbocycles. The van der Waals surface area contributed by atoms with Crippen LogP contribution in [0.25, 0.3) is 0 Å². The Balaban J connectivity index is 2.20. The lowest BCUT2D eigenvalue weighted by Crippen LogP contribution is -2.09. The second-order valence-corrected chi connectivity index (χ2v) is 5.99. The number of anilines is 1. The summed E-state index contributed by atoms with van der Waals surface area (Å²) in [6.07, 6.45) is 5.25. The van der Waals surface area contributed by atoms with Gasteiger partial charge in [0.05, 0.1) is 11.5 Å². The number of nitrogens with zero attached hydrogens (tertiary/aromatic N) is 1. The average molecular weight is 262 g/mol. The Kier molecular flexibility index (Phi) is 6.07. The largest absolute Gasteiger partial charge is 0.385 e. The summed E-state index contributed by atoms with van der Waals surface area (Å²) < 4.78 is 0. The van der Waals surface area contributed by atoms with Crippen molar-refractivity contribution in [3.8, 4) is 6.07 Å². The van der Waals surface area contributed by atoms with Crippen LogP contribution in [-0.2, 0) is 0 Å². The van der Waals surface area contributed by atoms with Gasteiger partial charge >= 0.3 is 0 Å². The third kappa shape index (κ3) is 5.46. The number of unbranched alkanes of at least 4 members (excludes halogenated alkanes) is 1. The molecule has 1 rings (SSSR count). The first kappa shape index (κ1) is 14.9. The van der Waals surface area contributed by atoms with Crippen LogP contribution in [0.15, 0.2) is 29.2 Å². The van der Waals surface area contributed by atoms with E-state index >= 15 is 0 Å². The fraction of sp³-hybridized carbons (Fsp3) is 0.533. The summed E-state index contributed by atoms with van der Waals surface area (Å²) in [5, 5.41) is 12.3. The molecule has 0 amide bonds. The second kappa shape index (κ2) is 7.33. The van der Waals surface area contributed by atoms with Crippen LogP contribution in [0.2, 0.25) is 0 Å². The smallest absolute Gasteiger partial charge is 0.0683 e. The van der Waals surface area contributed by atoms with Gasteiger partial charge in [0.2, 0.25) is 0 Å². The van der Waals surface area contributed by atoms with Crippen molar-refractivity contribution in [1.29, 1.82) is 5.26 Å². The van der Waals surface area contributed by atoms with E-state index < -0.39 is 0 Å². The quantitative estimate of drug-likeness (QED) is 0.579. The standard InChI is InChI=1S/C15H22N2S/c1-15(2,12-16)10-4-5-11-17-13-6-8-14(18-3)9-7-13/h6-9,17H,4-5,10-11H2,1-3H3. The van der Waals surface area contributed by atoms with Crippen LogP contribution >= 0.6 is 11.8 Å². The predicted molar refractivity (Wildman–Crippen MR) is 80.0 cm³/mol. The fourth-order valence-corrected chi connectivity index (χ4v) is 2.10. The average Bonchev–Trinajstić information content (AvgIpc) is 2.39. The normalized spacial score (nSPS) is 11.0. The molecular formula is C15H22N2S. The van der Waals surface area contributed by atoms with E-state index in [1.54, 1.807) is 11.8 Å². The fourth-order valence-electron chi connectivity index (χ4n) is 1.69. The van der Waals surface area contributed by atoms with Gasteiger partial charge in [0.15, 0.2) is 0 Å². The van der Waals surface area contributed by atoms with Crippen molar-refractivity contribution in [2.45, 2.75) is 38.0 Å². The van der Waals surface area contributed by atoms with Crippen molar-refractivity contribution in [3.05, 3.63) is 24.3 Å². The molecule has 0 aliphatic rings. The zero-order chi connectivity index (χ0) is 13.4. The minimum atomic E-state index is -0.181. The van der Waals surface area contributed by atoms with Gasteiger partial charge in [-0.25, -0.2) is 0 Å². The van der Waals surface area contributed by atoms with Gasteiger partial charge in [-0.2, -0.15) is 5.26 Å². The van der Waals surface area contributed by atoms with Crippen molar-refractivity contribution in [1.82, 2.24) is 0 Å². The summed E-state index contributed by atoms with van der Waals surface area (Å²) >= 11 is 1.76. The zero-order valence-corrected chi connectivity index (χ0v) is 12.3. The molecule has 98 valence electrons. The molecule has 3 heteroatoms. The van der Waals surface area contributed by atoms with E-state index in [1.807, 2.05) is 13.8 Å². The molecule has 0 spiro atoms. The Labute approximate surface area is 115 Å². The summed E-state index contributed by atoms with van der Waals surface area (Å²) in [6.45, 7) is 4.98. The number of thioether (sulfide) groups is 1. The SMILES string of the molecule is CSc1ccc(NCCCCC(C)(C)C#N)cc1. The van der Waals surface area contributed by atoms with E-state index in [9.17, 15) is 0 Å². The van der Waals surface area contributed by atoms with Crippen LogP contribution < -0.4 is 5.32 Å². The summed E-state index contributed by atoms with van der Waals surface area (Å²) in [4.78, 5) is 1.29. The molecule has 1 N–H and O–H groups in total. The van der Waals surface area contributed by atoms with E-state index in [-0.39, 0.29) is 5.41 Å². The van der Waals surface area contributed by atoms with Crippen molar-refractivity contribution in [2.75, 3.05) is 18.1 Å². The molecule has 18 heavy (non-hydrogen) atoms. The van der Waals surface area contributed by atoms with Crippen LogP contribution in [-0.4, -0.2) is 12.8 Å². The highest BCUT2D eigenvalue weighted by Crippen LogP contribution is 2.22. The molecule has 0 aromatic heterocycles. The summed E-state index contributed by atoms with van der Waals surface area (Å²) in [6, 6.07) is 10.8. The molecule has 0 atom stereocenters. The van der Waals surface area contributed by atoms with Crippen molar-refractivity contribution < 1.29 is 0 Å². The highest BCUT2D eigenvalue weighted by molar-refractivity contribution is 7.98. The molecule has 0 unspecified atom stereocenters. The van der Waals surface area contributed by atoms with Gasteiger partial charge in [-0.15, -0.1) is 11.8 Å². The van der Waals surface area contributed by atoms with Crippen LogP contribution in [0, 0.1) is 16.7 Å². The number of rotatable bonds is 7. The van der Waals surface area contributed by atoms with Gasteiger partial charge in [0.1, 0.15) is 0 Å². The van der Waals surface area contributed by atoms with E-state index in [2.05, 4.69) is 41.9 Å². The van der Waals surface area contributed by atoms with Gasteiger partial charge in [-0.3, -0.25) is 0 Å². The Hall–Kier alpha value is -1.14. The molecular weight excluding hydrogens is 240 g/mol. The van der Waals surface area contributed by atoms with Crippen molar-refractivity contribution in [2.24, 2.45) is 5.41 Å². The maximum Gasteiger partial charge on any atom is 0.0683 e. The first-order chi connectivity index (χ1) is 8.57. The van der Waals surface area contributed by atoms with Crippen LogP contribution in [0.5, 0.6) is 0 Å². The van der Waals surface area contributed by atoms with Gasteiger partial charge in [-0.1, -0.05) is 6.42 Å².